The van der Waals surface area contributed by atoms with Gasteiger partial charge >= 0.3 is 5.97 Å². The van der Waals surface area contributed by atoms with Gasteiger partial charge in [0, 0.05) is 14.7 Å². The van der Waals surface area contributed by atoms with Crippen LogP contribution in [0.25, 0.3) is 0 Å². The van der Waals surface area contributed by atoms with E-state index in [4.69, 9.17) is 5.11 Å². The summed E-state index contributed by atoms with van der Waals surface area (Å²) in [6.07, 6.45) is 0.410. The number of carboxylic acid groups (broad SMARTS) is 1. The van der Waals surface area contributed by atoms with Gasteiger partial charge in [0.2, 0.25) is 6.41 Å². The van der Waals surface area contributed by atoms with Crippen molar-refractivity contribution in [3.05, 3.63) is 20.8 Å². The number of thiophene rings is 1. The fourth-order valence-corrected chi connectivity index (χ4v) is 2.52. The van der Waals surface area contributed by atoms with Crippen LogP contribution in [0, 0.1) is 0 Å². The van der Waals surface area contributed by atoms with Gasteiger partial charge in [0.05, 0.1) is 12.5 Å². The van der Waals surface area contributed by atoms with E-state index in [0.29, 0.717) is 6.41 Å². The zero-order valence-electron chi connectivity index (χ0n) is 7.07. The molecule has 0 saturated heterocycles. The van der Waals surface area contributed by atoms with Gasteiger partial charge in [-0.15, -0.1) is 11.3 Å². The van der Waals surface area contributed by atoms with E-state index in [1.165, 1.54) is 11.3 Å². The second-order valence-electron chi connectivity index (χ2n) is 2.60. The summed E-state index contributed by atoms with van der Waals surface area (Å²) < 4.78 is 0.889. The maximum absolute atomic E-state index is 10.5. The largest absolute Gasteiger partial charge is 0.481 e. The molecule has 0 aliphatic rings. The lowest BCUT2D eigenvalue weighted by molar-refractivity contribution is -0.137. The Labute approximate surface area is 93.1 Å². The van der Waals surface area contributed by atoms with Crippen LogP contribution in [0.2, 0.25) is 0 Å². The highest BCUT2D eigenvalue weighted by molar-refractivity contribution is 9.10. The lowest BCUT2D eigenvalue weighted by Gasteiger charge is -2.10. The van der Waals surface area contributed by atoms with Crippen molar-refractivity contribution in [3.63, 3.8) is 0 Å². The zero-order chi connectivity index (χ0) is 10.6. The van der Waals surface area contributed by atoms with E-state index >= 15 is 0 Å². The molecule has 6 heteroatoms. The number of aliphatic carboxylic acids is 1. The number of rotatable bonds is 5. The minimum absolute atomic E-state index is 0.105. The summed E-state index contributed by atoms with van der Waals surface area (Å²) in [5.74, 6) is -0.936. The molecule has 1 amide bonds. The number of carbonyl (C=O) groups excluding carboxylic acids is 1. The second kappa shape index (κ2) is 5.11. The Kier molecular flexibility index (Phi) is 4.09. The molecule has 0 bridgehead atoms. The fourth-order valence-electron chi connectivity index (χ4n) is 1.01. The van der Waals surface area contributed by atoms with E-state index in [1.807, 2.05) is 5.38 Å². The average Bonchev–Trinajstić information content (AvgIpc) is 2.50. The zero-order valence-corrected chi connectivity index (χ0v) is 9.47. The standard InChI is InChI=1S/C8H8BrNO3S/c9-5-1-7(14-3-5)6(10-4-11)2-8(12)13/h1,3-4,6H,2H2,(H,10,11)(H,12,13)/t6-/m0/s1. The van der Waals surface area contributed by atoms with Gasteiger partial charge in [0.1, 0.15) is 0 Å². The summed E-state index contributed by atoms with van der Waals surface area (Å²) in [5.41, 5.74) is 0. The molecule has 0 aromatic carbocycles. The summed E-state index contributed by atoms with van der Waals surface area (Å²) in [4.78, 5) is 21.6. The van der Waals surface area contributed by atoms with Crippen LogP contribution in [0.15, 0.2) is 15.9 Å². The van der Waals surface area contributed by atoms with E-state index in [9.17, 15) is 9.59 Å². The van der Waals surface area contributed by atoms with Crippen LogP contribution in [0.4, 0.5) is 0 Å². The van der Waals surface area contributed by atoms with Gasteiger partial charge in [-0.25, -0.2) is 0 Å². The molecule has 1 heterocycles. The first-order valence-electron chi connectivity index (χ1n) is 3.79. The molecule has 0 aliphatic heterocycles. The molecule has 14 heavy (non-hydrogen) atoms. The molecule has 76 valence electrons. The van der Waals surface area contributed by atoms with E-state index in [0.717, 1.165) is 9.35 Å². The number of amides is 1. The molecule has 0 radical (unpaired) electrons. The Hall–Kier alpha value is -0.880. The van der Waals surface area contributed by atoms with Crippen molar-refractivity contribution < 1.29 is 14.7 Å². The first-order chi connectivity index (χ1) is 6.63. The van der Waals surface area contributed by atoms with Crippen molar-refractivity contribution >= 4 is 39.6 Å². The van der Waals surface area contributed by atoms with E-state index in [2.05, 4.69) is 21.2 Å². The Morgan fingerprint density at radius 1 is 1.79 bits per heavy atom. The Bertz CT molecular complexity index is 339. The Morgan fingerprint density at radius 3 is 2.93 bits per heavy atom. The predicted octanol–water partition coefficient (Wildman–Crippen LogP) is 1.77. The van der Waals surface area contributed by atoms with Crippen molar-refractivity contribution in [1.29, 1.82) is 0 Å². The summed E-state index contributed by atoms with van der Waals surface area (Å²) in [6.45, 7) is 0. The smallest absolute Gasteiger partial charge is 0.305 e. The average molecular weight is 278 g/mol. The van der Waals surface area contributed by atoms with Crippen LogP contribution in [-0.2, 0) is 9.59 Å². The number of carbonyl (C=O) groups is 2. The number of hydrogen-bond acceptors (Lipinski definition) is 3. The number of nitrogens with one attached hydrogen (secondary N) is 1. The number of hydrogen-bond donors (Lipinski definition) is 2. The van der Waals surface area contributed by atoms with Gasteiger partial charge in [-0.2, -0.15) is 0 Å². The summed E-state index contributed by atoms with van der Waals surface area (Å²) in [5, 5.41) is 12.9. The number of halogens is 1. The molecule has 2 N–H and O–H groups in total. The third-order valence-corrected chi connectivity index (χ3v) is 3.39. The topological polar surface area (TPSA) is 66.4 Å². The quantitative estimate of drug-likeness (QED) is 0.807. The molecule has 0 spiro atoms. The molecule has 0 fully saturated rings. The van der Waals surface area contributed by atoms with E-state index < -0.39 is 12.0 Å². The first kappa shape index (κ1) is 11.2. The van der Waals surface area contributed by atoms with Gasteiger partial charge in [-0.1, -0.05) is 0 Å². The second-order valence-corrected chi connectivity index (χ2v) is 4.46. The minimum atomic E-state index is -0.936. The van der Waals surface area contributed by atoms with Crippen LogP contribution in [0.3, 0.4) is 0 Å². The van der Waals surface area contributed by atoms with E-state index in [1.54, 1.807) is 6.07 Å². The van der Waals surface area contributed by atoms with Crippen molar-refractivity contribution in [2.24, 2.45) is 0 Å². The third kappa shape index (κ3) is 3.12. The molecule has 1 aromatic rings. The Balaban J connectivity index is 2.76. The number of carboxylic acids is 1. The maximum Gasteiger partial charge on any atom is 0.305 e. The molecule has 1 aromatic heterocycles. The summed E-state index contributed by atoms with van der Waals surface area (Å²) in [6, 6.07) is 1.36. The Morgan fingerprint density at radius 2 is 2.50 bits per heavy atom. The van der Waals surface area contributed by atoms with Crippen LogP contribution in [0.1, 0.15) is 17.3 Å². The molecule has 0 saturated carbocycles. The predicted molar refractivity (Wildman–Crippen MR) is 56.2 cm³/mol. The van der Waals surface area contributed by atoms with Crippen LogP contribution in [0.5, 0.6) is 0 Å². The molecular formula is C8H8BrNO3S. The van der Waals surface area contributed by atoms with Crippen molar-refractivity contribution in [2.45, 2.75) is 12.5 Å². The van der Waals surface area contributed by atoms with Crippen molar-refractivity contribution in [2.75, 3.05) is 0 Å². The first-order valence-corrected chi connectivity index (χ1v) is 5.46. The van der Waals surface area contributed by atoms with Gasteiger partial charge in [0.25, 0.3) is 0 Å². The van der Waals surface area contributed by atoms with E-state index in [-0.39, 0.29) is 6.42 Å². The van der Waals surface area contributed by atoms with Gasteiger partial charge < -0.3 is 10.4 Å². The third-order valence-electron chi connectivity index (χ3n) is 1.58. The maximum atomic E-state index is 10.5. The van der Waals surface area contributed by atoms with Crippen LogP contribution in [-0.4, -0.2) is 17.5 Å². The molecule has 4 nitrogen and oxygen atoms in total. The van der Waals surface area contributed by atoms with Crippen molar-refractivity contribution in [1.82, 2.24) is 5.32 Å². The highest BCUT2D eigenvalue weighted by Gasteiger charge is 2.16. The lowest BCUT2D eigenvalue weighted by Crippen LogP contribution is -2.21. The SMILES string of the molecule is O=CN[C@@H](CC(=O)O)c1cc(Br)cs1. The normalized spacial score (nSPS) is 12.1. The minimum Gasteiger partial charge on any atom is -0.481 e. The molecule has 0 aliphatic carbocycles. The van der Waals surface area contributed by atoms with Gasteiger partial charge in [0.15, 0.2) is 0 Å². The van der Waals surface area contributed by atoms with Crippen LogP contribution < -0.4 is 5.32 Å². The monoisotopic (exact) mass is 277 g/mol. The highest BCUT2D eigenvalue weighted by atomic mass is 79.9. The fraction of sp³-hybridized carbons (Fsp3) is 0.250. The van der Waals surface area contributed by atoms with Crippen LogP contribution >= 0.6 is 27.3 Å². The molecule has 0 unspecified atom stereocenters. The molecule has 1 rings (SSSR count). The van der Waals surface area contributed by atoms with Crippen molar-refractivity contribution in [3.8, 4) is 0 Å². The summed E-state index contributed by atoms with van der Waals surface area (Å²) >= 11 is 4.67. The van der Waals surface area contributed by atoms with Gasteiger partial charge in [-0.3, -0.25) is 9.59 Å². The van der Waals surface area contributed by atoms with Gasteiger partial charge in [-0.05, 0) is 22.0 Å². The molecule has 1 atom stereocenters. The lowest BCUT2D eigenvalue weighted by atomic mass is 10.2. The highest BCUT2D eigenvalue weighted by Crippen LogP contribution is 2.27. The summed E-state index contributed by atoms with van der Waals surface area (Å²) in [7, 11) is 0. The molecular weight excluding hydrogens is 270 g/mol.